The van der Waals surface area contributed by atoms with Crippen LogP contribution in [0.1, 0.15) is 26.7 Å². The van der Waals surface area contributed by atoms with Crippen molar-refractivity contribution in [3.8, 4) is 0 Å². The fourth-order valence-corrected chi connectivity index (χ4v) is 3.30. The van der Waals surface area contributed by atoms with E-state index in [1.54, 1.807) is 12.1 Å². The number of benzene rings is 1. The Balaban J connectivity index is 2.62. The van der Waals surface area contributed by atoms with Crippen LogP contribution in [0.4, 0.5) is 5.69 Å². The predicted molar refractivity (Wildman–Crippen MR) is 85.2 cm³/mol. The lowest BCUT2D eigenvalue weighted by Crippen LogP contribution is -2.29. The number of nitrogens with one attached hydrogen (secondary N) is 1. The van der Waals surface area contributed by atoms with Gasteiger partial charge in [-0.25, -0.2) is 8.42 Å². The molecule has 0 radical (unpaired) electrons. The molecule has 20 heavy (non-hydrogen) atoms. The molecule has 0 atom stereocenters. The van der Waals surface area contributed by atoms with Crippen molar-refractivity contribution in [2.45, 2.75) is 31.6 Å². The van der Waals surface area contributed by atoms with Crippen LogP contribution in [-0.2, 0) is 9.84 Å². The summed E-state index contributed by atoms with van der Waals surface area (Å²) >= 11 is 0. The Kier molecular flexibility index (Phi) is 7.02. The molecule has 0 aromatic heterocycles. The van der Waals surface area contributed by atoms with Gasteiger partial charge in [-0.15, -0.1) is 0 Å². The second-order valence-corrected chi connectivity index (χ2v) is 7.09. The number of hydrogen-bond acceptors (Lipinski definition) is 4. The second kappa shape index (κ2) is 8.27. The predicted octanol–water partition coefficient (Wildman–Crippen LogP) is 2.31. The molecule has 0 fully saturated rings. The summed E-state index contributed by atoms with van der Waals surface area (Å²) in [5.41, 5.74) is 1.04. The highest BCUT2D eigenvalue weighted by molar-refractivity contribution is 7.91. The third kappa shape index (κ3) is 5.13. The monoisotopic (exact) mass is 298 g/mol. The van der Waals surface area contributed by atoms with E-state index in [0.29, 0.717) is 11.3 Å². The molecule has 0 unspecified atom stereocenters. The first-order valence-corrected chi connectivity index (χ1v) is 8.91. The standard InChI is InChI=1S/C15H26N2O2S/c1-4-10-16-11-12-17(3)14-6-8-15(9-7-14)20(18,19)13-5-2/h6-9,16H,4-5,10-13H2,1-3H3. The van der Waals surface area contributed by atoms with Gasteiger partial charge in [0, 0.05) is 25.8 Å². The summed E-state index contributed by atoms with van der Waals surface area (Å²) < 4.78 is 23.9. The van der Waals surface area contributed by atoms with Crippen molar-refractivity contribution in [2.75, 3.05) is 37.3 Å². The maximum atomic E-state index is 11.9. The van der Waals surface area contributed by atoms with E-state index in [1.807, 2.05) is 26.1 Å². The Bertz CT molecular complexity index is 483. The molecule has 0 aliphatic carbocycles. The summed E-state index contributed by atoms with van der Waals surface area (Å²) in [6.45, 7) is 6.89. The lowest BCUT2D eigenvalue weighted by Gasteiger charge is -2.19. The fraction of sp³-hybridized carbons (Fsp3) is 0.600. The lowest BCUT2D eigenvalue weighted by molar-refractivity contribution is 0.594. The molecular formula is C15H26N2O2S. The molecule has 0 saturated carbocycles. The SMILES string of the molecule is CCCNCCN(C)c1ccc(S(=O)(=O)CCC)cc1. The first kappa shape index (κ1) is 17.0. The molecule has 0 aliphatic heterocycles. The smallest absolute Gasteiger partial charge is 0.178 e. The van der Waals surface area contributed by atoms with Crippen molar-refractivity contribution in [3.63, 3.8) is 0 Å². The van der Waals surface area contributed by atoms with E-state index in [0.717, 1.165) is 31.7 Å². The topological polar surface area (TPSA) is 49.4 Å². The van der Waals surface area contributed by atoms with Crippen molar-refractivity contribution in [3.05, 3.63) is 24.3 Å². The Morgan fingerprint density at radius 1 is 1.05 bits per heavy atom. The van der Waals surface area contributed by atoms with E-state index in [-0.39, 0.29) is 5.75 Å². The Morgan fingerprint density at radius 3 is 2.25 bits per heavy atom. The quantitative estimate of drug-likeness (QED) is 0.711. The zero-order chi connectivity index (χ0) is 15.0. The normalized spacial score (nSPS) is 11.6. The van der Waals surface area contributed by atoms with Crippen molar-refractivity contribution >= 4 is 15.5 Å². The van der Waals surface area contributed by atoms with Gasteiger partial charge < -0.3 is 10.2 Å². The molecule has 5 heteroatoms. The molecule has 4 nitrogen and oxygen atoms in total. The molecule has 1 aromatic rings. The van der Waals surface area contributed by atoms with Crippen molar-refractivity contribution in [1.29, 1.82) is 0 Å². The minimum atomic E-state index is -3.11. The zero-order valence-corrected chi connectivity index (χ0v) is 13.5. The summed E-state index contributed by atoms with van der Waals surface area (Å²) in [7, 11) is -1.09. The minimum absolute atomic E-state index is 0.211. The van der Waals surface area contributed by atoms with E-state index >= 15 is 0 Å². The summed E-state index contributed by atoms with van der Waals surface area (Å²) in [5, 5.41) is 3.35. The van der Waals surface area contributed by atoms with Crippen LogP contribution in [0.25, 0.3) is 0 Å². The number of rotatable bonds is 9. The Hall–Kier alpha value is -1.07. The third-order valence-corrected chi connectivity index (χ3v) is 5.10. The molecule has 1 aromatic carbocycles. The summed E-state index contributed by atoms with van der Waals surface area (Å²) in [6.07, 6.45) is 1.78. The van der Waals surface area contributed by atoms with Crippen LogP contribution in [0.3, 0.4) is 0 Å². The van der Waals surface area contributed by atoms with Crippen LogP contribution in [0.15, 0.2) is 29.2 Å². The number of hydrogen-bond donors (Lipinski definition) is 1. The van der Waals surface area contributed by atoms with Crippen LogP contribution in [0.2, 0.25) is 0 Å². The van der Waals surface area contributed by atoms with Gasteiger partial charge in [0.15, 0.2) is 9.84 Å². The summed E-state index contributed by atoms with van der Waals surface area (Å²) in [6, 6.07) is 7.16. The number of nitrogens with zero attached hydrogens (tertiary/aromatic N) is 1. The van der Waals surface area contributed by atoms with Gasteiger partial charge in [-0.05, 0) is 43.7 Å². The molecule has 0 heterocycles. The van der Waals surface area contributed by atoms with Crippen LogP contribution >= 0.6 is 0 Å². The second-order valence-electron chi connectivity index (χ2n) is 4.98. The fourth-order valence-electron chi connectivity index (χ4n) is 1.97. The highest BCUT2D eigenvalue weighted by Gasteiger charge is 2.13. The highest BCUT2D eigenvalue weighted by atomic mass is 32.2. The van der Waals surface area contributed by atoms with Gasteiger partial charge in [0.1, 0.15) is 0 Å². The minimum Gasteiger partial charge on any atom is -0.373 e. The molecule has 0 spiro atoms. The van der Waals surface area contributed by atoms with Gasteiger partial charge in [0.25, 0.3) is 0 Å². The van der Waals surface area contributed by atoms with Gasteiger partial charge in [0.2, 0.25) is 0 Å². The van der Waals surface area contributed by atoms with Crippen LogP contribution in [0, 0.1) is 0 Å². The van der Waals surface area contributed by atoms with Gasteiger partial charge in [0.05, 0.1) is 10.6 Å². The van der Waals surface area contributed by atoms with E-state index < -0.39 is 9.84 Å². The molecule has 0 saturated heterocycles. The molecule has 1 N–H and O–H groups in total. The first-order chi connectivity index (χ1) is 9.51. The third-order valence-electron chi connectivity index (χ3n) is 3.16. The van der Waals surface area contributed by atoms with E-state index in [1.165, 1.54) is 0 Å². The van der Waals surface area contributed by atoms with Crippen LogP contribution in [0.5, 0.6) is 0 Å². The summed E-state index contributed by atoms with van der Waals surface area (Å²) in [5.74, 6) is 0.211. The van der Waals surface area contributed by atoms with E-state index in [9.17, 15) is 8.42 Å². The molecule has 0 amide bonds. The van der Waals surface area contributed by atoms with Gasteiger partial charge in [-0.1, -0.05) is 13.8 Å². The van der Waals surface area contributed by atoms with E-state index in [4.69, 9.17) is 0 Å². The highest BCUT2D eigenvalue weighted by Crippen LogP contribution is 2.18. The maximum absolute atomic E-state index is 11.9. The van der Waals surface area contributed by atoms with Crippen molar-refractivity contribution in [1.82, 2.24) is 5.32 Å². The summed E-state index contributed by atoms with van der Waals surface area (Å²) in [4.78, 5) is 2.54. The molecule has 114 valence electrons. The van der Waals surface area contributed by atoms with Gasteiger partial charge in [-0.2, -0.15) is 0 Å². The van der Waals surface area contributed by atoms with Crippen LogP contribution in [-0.4, -0.2) is 40.9 Å². The van der Waals surface area contributed by atoms with Crippen molar-refractivity contribution in [2.24, 2.45) is 0 Å². The van der Waals surface area contributed by atoms with E-state index in [2.05, 4.69) is 17.1 Å². The lowest BCUT2D eigenvalue weighted by atomic mass is 10.3. The zero-order valence-electron chi connectivity index (χ0n) is 12.7. The maximum Gasteiger partial charge on any atom is 0.178 e. The average Bonchev–Trinajstić information content (AvgIpc) is 2.43. The molecule has 0 bridgehead atoms. The van der Waals surface area contributed by atoms with Gasteiger partial charge >= 0.3 is 0 Å². The number of anilines is 1. The largest absolute Gasteiger partial charge is 0.373 e. The Morgan fingerprint density at radius 2 is 1.70 bits per heavy atom. The van der Waals surface area contributed by atoms with Gasteiger partial charge in [-0.3, -0.25) is 0 Å². The molecule has 0 aliphatic rings. The van der Waals surface area contributed by atoms with Crippen molar-refractivity contribution < 1.29 is 8.42 Å². The molecular weight excluding hydrogens is 272 g/mol. The molecule has 1 rings (SSSR count). The first-order valence-electron chi connectivity index (χ1n) is 7.26. The number of likely N-dealkylation sites (N-methyl/N-ethyl adjacent to an activating group) is 1. The Labute approximate surface area is 123 Å². The van der Waals surface area contributed by atoms with Crippen LogP contribution < -0.4 is 10.2 Å². The average molecular weight is 298 g/mol. The number of sulfone groups is 1.